The van der Waals surface area contributed by atoms with E-state index in [1.54, 1.807) is 36.4 Å². The number of rotatable bonds is 4. The van der Waals surface area contributed by atoms with E-state index in [0.29, 0.717) is 45.8 Å². The van der Waals surface area contributed by atoms with Crippen LogP contribution in [0, 0.1) is 5.41 Å². The first-order valence-electron chi connectivity index (χ1n) is 7.95. The van der Waals surface area contributed by atoms with Gasteiger partial charge in [-0.3, -0.25) is 9.59 Å². The first kappa shape index (κ1) is 17.0. The highest BCUT2D eigenvalue weighted by Crippen LogP contribution is 2.48. The Hall–Kier alpha value is -2.44. The lowest BCUT2D eigenvalue weighted by molar-refractivity contribution is -0.131. The summed E-state index contributed by atoms with van der Waals surface area (Å²) < 4.78 is 10.5. The predicted octanol–water partition coefficient (Wildman–Crippen LogP) is 4.08. The van der Waals surface area contributed by atoms with Crippen molar-refractivity contribution in [2.75, 3.05) is 17.4 Å². The summed E-state index contributed by atoms with van der Waals surface area (Å²) in [6.07, 6.45) is 0.951. The summed E-state index contributed by atoms with van der Waals surface area (Å²) in [5, 5.41) is 6.31. The molecule has 1 fully saturated rings. The molecule has 134 valence electrons. The predicted molar refractivity (Wildman–Crippen MR) is 98.0 cm³/mol. The van der Waals surface area contributed by atoms with Gasteiger partial charge in [-0.15, -0.1) is 0 Å². The molecule has 1 aliphatic carbocycles. The van der Waals surface area contributed by atoms with Crippen molar-refractivity contribution in [2.45, 2.75) is 12.8 Å². The van der Waals surface area contributed by atoms with Gasteiger partial charge in [0.05, 0.1) is 0 Å². The second-order valence-electron chi connectivity index (χ2n) is 6.22. The molecule has 2 aromatic rings. The fraction of sp³-hybridized carbons (Fsp3) is 0.222. The smallest absolute Gasteiger partial charge is 0.240 e. The molecule has 4 rings (SSSR count). The van der Waals surface area contributed by atoms with Crippen molar-refractivity contribution >= 4 is 46.4 Å². The van der Waals surface area contributed by atoms with Crippen molar-refractivity contribution in [3.05, 3.63) is 46.4 Å². The minimum absolute atomic E-state index is 0.154. The molecule has 26 heavy (non-hydrogen) atoms. The number of carbonyl (C=O) groups is 2. The Morgan fingerprint density at radius 1 is 0.846 bits per heavy atom. The topological polar surface area (TPSA) is 76.7 Å². The van der Waals surface area contributed by atoms with Crippen molar-refractivity contribution in [1.82, 2.24) is 0 Å². The lowest BCUT2D eigenvalue weighted by atomic mass is 10.0. The molecule has 0 bridgehead atoms. The fourth-order valence-corrected chi connectivity index (χ4v) is 3.31. The highest BCUT2D eigenvalue weighted by atomic mass is 35.5. The van der Waals surface area contributed by atoms with Gasteiger partial charge in [0.15, 0.2) is 11.5 Å². The third-order valence-corrected chi connectivity index (χ3v) is 4.81. The Kier molecular flexibility index (Phi) is 4.17. The summed E-state index contributed by atoms with van der Waals surface area (Å²) in [5.74, 6) is 0.446. The van der Waals surface area contributed by atoms with Crippen LogP contribution in [0.25, 0.3) is 0 Å². The second-order valence-corrected chi connectivity index (χ2v) is 7.09. The molecule has 1 saturated carbocycles. The second kappa shape index (κ2) is 6.37. The van der Waals surface area contributed by atoms with Crippen LogP contribution in [0.2, 0.25) is 10.0 Å². The molecule has 2 aliphatic rings. The van der Waals surface area contributed by atoms with Crippen molar-refractivity contribution in [2.24, 2.45) is 5.41 Å². The van der Waals surface area contributed by atoms with Crippen LogP contribution >= 0.6 is 23.2 Å². The number of halogens is 2. The summed E-state index contributed by atoms with van der Waals surface area (Å²) in [7, 11) is 0. The Balaban J connectivity index is 1.47. The van der Waals surface area contributed by atoms with E-state index in [1.165, 1.54) is 0 Å². The summed E-state index contributed by atoms with van der Waals surface area (Å²) in [5.41, 5.74) is -0.0932. The van der Waals surface area contributed by atoms with E-state index in [-0.39, 0.29) is 18.6 Å². The Morgan fingerprint density at radius 2 is 1.46 bits per heavy atom. The third kappa shape index (κ3) is 3.18. The van der Waals surface area contributed by atoms with E-state index in [0.717, 1.165) is 0 Å². The van der Waals surface area contributed by atoms with Gasteiger partial charge in [0.2, 0.25) is 18.6 Å². The van der Waals surface area contributed by atoms with Crippen LogP contribution in [0.15, 0.2) is 36.4 Å². The molecule has 8 heteroatoms. The average molecular weight is 393 g/mol. The quantitative estimate of drug-likeness (QED) is 0.768. The zero-order valence-electron chi connectivity index (χ0n) is 13.5. The maximum atomic E-state index is 12.7. The molecular formula is C18H14Cl2N2O4. The van der Waals surface area contributed by atoms with E-state index >= 15 is 0 Å². The Morgan fingerprint density at radius 3 is 2.12 bits per heavy atom. The first-order chi connectivity index (χ1) is 12.5. The fourth-order valence-electron chi connectivity index (χ4n) is 2.78. The highest BCUT2D eigenvalue weighted by molar-refractivity contribution is 6.35. The molecule has 2 amide bonds. The lowest BCUT2D eigenvalue weighted by Gasteiger charge is -2.16. The zero-order valence-corrected chi connectivity index (χ0v) is 15.0. The summed E-state index contributed by atoms with van der Waals surface area (Å²) in [6, 6.07) is 9.82. The number of benzene rings is 2. The van der Waals surface area contributed by atoms with Crippen molar-refractivity contribution < 1.29 is 19.1 Å². The van der Waals surface area contributed by atoms with Gasteiger partial charge >= 0.3 is 0 Å². The Bertz CT molecular complexity index is 892. The van der Waals surface area contributed by atoms with Crippen molar-refractivity contribution in [1.29, 1.82) is 0 Å². The zero-order chi connectivity index (χ0) is 18.3. The van der Waals surface area contributed by atoms with E-state index in [1.807, 2.05) is 0 Å². The SMILES string of the molecule is O=C(Nc1cc(Cl)cc(Cl)c1)C1(C(=O)Nc2ccc3c(c2)OCO3)CC1. The van der Waals surface area contributed by atoms with Crippen LogP contribution in [0.5, 0.6) is 11.5 Å². The van der Waals surface area contributed by atoms with Gasteiger partial charge in [-0.05, 0) is 43.2 Å². The maximum absolute atomic E-state index is 12.7. The number of carbonyl (C=O) groups excluding carboxylic acids is 2. The minimum atomic E-state index is -1.09. The monoisotopic (exact) mass is 392 g/mol. The number of amides is 2. The van der Waals surface area contributed by atoms with Crippen LogP contribution < -0.4 is 20.1 Å². The first-order valence-corrected chi connectivity index (χ1v) is 8.70. The van der Waals surface area contributed by atoms with E-state index in [4.69, 9.17) is 32.7 Å². The molecule has 0 spiro atoms. The van der Waals surface area contributed by atoms with E-state index < -0.39 is 5.41 Å². The molecule has 0 saturated heterocycles. The van der Waals surface area contributed by atoms with Crippen LogP contribution in [0.1, 0.15) is 12.8 Å². The molecule has 0 radical (unpaired) electrons. The number of nitrogens with one attached hydrogen (secondary N) is 2. The van der Waals surface area contributed by atoms with Crippen LogP contribution in [-0.4, -0.2) is 18.6 Å². The molecular weight excluding hydrogens is 379 g/mol. The molecule has 6 nitrogen and oxygen atoms in total. The van der Waals surface area contributed by atoms with E-state index in [2.05, 4.69) is 10.6 Å². The summed E-state index contributed by atoms with van der Waals surface area (Å²) >= 11 is 11.9. The number of anilines is 2. The molecule has 0 unspecified atom stereocenters. The minimum Gasteiger partial charge on any atom is -0.454 e. The van der Waals surface area contributed by atoms with E-state index in [9.17, 15) is 9.59 Å². The summed E-state index contributed by atoms with van der Waals surface area (Å²) in [4.78, 5) is 25.3. The van der Waals surface area contributed by atoms with Gasteiger partial charge in [-0.2, -0.15) is 0 Å². The standard InChI is InChI=1S/C18H14Cl2N2O4/c19-10-5-11(20)7-13(6-10)22-17(24)18(3-4-18)16(23)21-12-1-2-14-15(8-12)26-9-25-14/h1-2,5-8H,3-4,9H2,(H,21,23)(H,22,24). The largest absolute Gasteiger partial charge is 0.454 e. The van der Waals surface area contributed by atoms with Gasteiger partial charge in [-0.25, -0.2) is 0 Å². The lowest BCUT2D eigenvalue weighted by Crippen LogP contribution is -2.35. The molecule has 0 aromatic heterocycles. The molecule has 2 aromatic carbocycles. The molecule has 1 aliphatic heterocycles. The summed E-state index contributed by atoms with van der Waals surface area (Å²) in [6.45, 7) is 0.154. The van der Waals surface area contributed by atoms with Crippen LogP contribution in [0.4, 0.5) is 11.4 Å². The number of hydrogen-bond acceptors (Lipinski definition) is 4. The third-order valence-electron chi connectivity index (χ3n) is 4.37. The van der Waals surface area contributed by atoms with Gasteiger partial charge < -0.3 is 20.1 Å². The molecule has 2 N–H and O–H groups in total. The highest BCUT2D eigenvalue weighted by Gasteiger charge is 2.56. The van der Waals surface area contributed by atoms with Gasteiger partial charge in [0.1, 0.15) is 5.41 Å². The Labute approximate surface area is 159 Å². The van der Waals surface area contributed by atoms with Crippen LogP contribution in [-0.2, 0) is 9.59 Å². The number of ether oxygens (including phenoxy) is 2. The molecule has 0 atom stereocenters. The normalized spacial score (nSPS) is 16.1. The number of fused-ring (bicyclic) bond motifs is 1. The number of hydrogen-bond donors (Lipinski definition) is 2. The maximum Gasteiger partial charge on any atom is 0.240 e. The van der Waals surface area contributed by atoms with Crippen LogP contribution in [0.3, 0.4) is 0 Å². The van der Waals surface area contributed by atoms with Gasteiger partial charge in [0.25, 0.3) is 0 Å². The van der Waals surface area contributed by atoms with Crippen molar-refractivity contribution in [3.63, 3.8) is 0 Å². The van der Waals surface area contributed by atoms with Crippen molar-refractivity contribution in [3.8, 4) is 11.5 Å². The van der Waals surface area contributed by atoms with Gasteiger partial charge in [-0.1, -0.05) is 23.2 Å². The van der Waals surface area contributed by atoms with Gasteiger partial charge in [0, 0.05) is 27.5 Å². The molecule has 1 heterocycles. The average Bonchev–Trinajstić information content (AvgIpc) is 3.27.